The fraction of sp³-hybridized carbons (Fsp3) is 0.188. The molecule has 5 nitrogen and oxygen atoms in total. The summed E-state index contributed by atoms with van der Waals surface area (Å²) in [7, 11) is 0. The first-order valence-electron chi connectivity index (χ1n) is 6.56. The lowest BCUT2D eigenvalue weighted by molar-refractivity contribution is 0.0536. The van der Waals surface area contributed by atoms with E-state index in [1.165, 1.54) is 0 Å². The molecule has 0 aromatic heterocycles. The van der Waals surface area contributed by atoms with Crippen LogP contribution in [-0.4, -0.2) is 19.3 Å². The van der Waals surface area contributed by atoms with Crippen LogP contribution in [0.4, 0.5) is 5.69 Å². The highest BCUT2D eigenvalue weighted by molar-refractivity contribution is 5.52. The number of fused-ring (bicyclic) bond motifs is 1. The molecule has 1 heterocycles. The van der Waals surface area contributed by atoms with Crippen LogP contribution >= 0.6 is 0 Å². The van der Waals surface area contributed by atoms with Crippen molar-refractivity contribution >= 4 is 5.69 Å². The molecule has 0 fully saturated rings. The number of nitriles is 1. The van der Waals surface area contributed by atoms with Gasteiger partial charge in [-0.3, -0.25) is 0 Å². The molecule has 21 heavy (non-hydrogen) atoms. The highest BCUT2D eigenvalue weighted by Crippen LogP contribution is 2.33. The summed E-state index contributed by atoms with van der Waals surface area (Å²) in [6.45, 7) is 0.780. The van der Waals surface area contributed by atoms with Crippen LogP contribution in [0.2, 0.25) is 0 Å². The summed E-state index contributed by atoms with van der Waals surface area (Å²) in [6, 6.07) is 14.3. The number of benzene rings is 2. The molecule has 106 valence electrons. The molecule has 0 aliphatic carbocycles. The van der Waals surface area contributed by atoms with Gasteiger partial charge >= 0.3 is 0 Å². The van der Waals surface area contributed by atoms with Gasteiger partial charge in [0.1, 0.15) is 19.0 Å². The predicted octanol–water partition coefficient (Wildman–Crippen LogP) is 2.36. The summed E-state index contributed by atoms with van der Waals surface area (Å²) in [6.07, 6.45) is -0.184. The lowest BCUT2D eigenvalue weighted by Gasteiger charge is -2.26. The van der Waals surface area contributed by atoms with E-state index in [4.69, 9.17) is 25.2 Å². The third-order valence-corrected chi connectivity index (χ3v) is 3.11. The predicted molar refractivity (Wildman–Crippen MR) is 77.4 cm³/mol. The first kappa shape index (κ1) is 13.1. The average molecular weight is 282 g/mol. The SMILES string of the molecule is N#Cc1ccc(OCC2COc3cc(N)ccc3O2)cc1. The van der Waals surface area contributed by atoms with Crippen molar-refractivity contribution < 1.29 is 14.2 Å². The van der Waals surface area contributed by atoms with E-state index in [-0.39, 0.29) is 6.10 Å². The Kier molecular flexibility index (Phi) is 3.52. The summed E-state index contributed by atoms with van der Waals surface area (Å²) in [5.41, 5.74) is 6.94. The molecule has 0 spiro atoms. The summed E-state index contributed by atoms with van der Waals surface area (Å²) < 4.78 is 17.1. The zero-order chi connectivity index (χ0) is 14.7. The topological polar surface area (TPSA) is 77.5 Å². The first-order chi connectivity index (χ1) is 10.2. The number of nitrogen functional groups attached to an aromatic ring is 1. The van der Waals surface area contributed by atoms with Crippen molar-refractivity contribution in [2.45, 2.75) is 6.10 Å². The van der Waals surface area contributed by atoms with Crippen LogP contribution in [0.5, 0.6) is 17.2 Å². The Bertz CT molecular complexity index is 677. The van der Waals surface area contributed by atoms with Gasteiger partial charge < -0.3 is 19.9 Å². The van der Waals surface area contributed by atoms with Crippen LogP contribution in [0.15, 0.2) is 42.5 Å². The maximum Gasteiger partial charge on any atom is 0.166 e. The lowest BCUT2D eigenvalue weighted by Crippen LogP contribution is -2.34. The van der Waals surface area contributed by atoms with E-state index < -0.39 is 0 Å². The van der Waals surface area contributed by atoms with E-state index in [1.54, 1.807) is 42.5 Å². The molecule has 2 N–H and O–H groups in total. The fourth-order valence-corrected chi connectivity index (χ4v) is 2.03. The smallest absolute Gasteiger partial charge is 0.166 e. The van der Waals surface area contributed by atoms with Gasteiger partial charge in [0.15, 0.2) is 17.6 Å². The summed E-state index contributed by atoms with van der Waals surface area (Å²) in [5.74, 6) is 2.02. The van der Waals surface area contributed by atoms with Crippen molar-refractivity contribution in [2.75, 3.05) is 18.9 Å². The van der Waals surface area contributed by atoms with Crippen molar-refractivity contribution in [1.29, 1.82) is 5.26 Å². The summed E-state index contributed by atoms with van der Waals surface area (Å²) in [4.78, 5) is 0. The molecule has 2 aromatic carbocycles. The lowest BCUT2D eigenvalue weighted by atomic mass is 10.2. The third-order valence-electron chi connectivity index (χ3n) is 3.11. The Morgan fingerprint density at radius 3 is 2.76 bits per heavy atom. The standard InChI is InChI=1S/C16H14N2O3/c17-8-11-1-4-13(5-2-11)19-9-14-10-20-16-7-12(18)3-6-15(16)21-14/h1-7,14H,9-10,18H2. The van der Waals surface area contributed by atoms with E-state index in [1.807, 2.05) is 0 Å². The minimum Gasteiger partial charge on any atom is -0.490 e. The van der Waals surface area contributed by atoms with Crippen LogP contribution in [0, 0.1) is 11.3 Å². The number of hydrogen-bond acceptors (Lipinski definition) is 5. The number of hydrogen-bond donors (Lipinski definition) is 1. The van der Waals surface area contributed by atoms with Gasteiger partial charge in [0.2, 0.25) is 0 Å². The molecule has 3 rings (SSSR count). The van der Waals surface area contributed by atoms with Gasteiger partial charge in [-0.2, -0.15) is 5.26 Å². The van der Waals surface area contributed by atoms with Crippen LogP contribution in [0.25, 0.3) is 0 Å². The second kappa shape index (κ2) is 5.63. The van der Waals surface area contributed by atoms with Gasteiger partial charge in [-0.1, -0.05) is 0 Å². The molecule has 1 aliphatic heterocycles. The van der Waals surface area contributed by atoms with Gasteiger partial charge in [0.25, 0.3) is 0 Å². The summed E-state index contributed by atoms with van der Waals surface area (Å²) in [5, 5.41) is 8.74. The second-order valence-corrected chi connectivity index (χ2v) is 4.70. The first-order valence-corrected chi connectivity index (χ1v) is 6.56. The highest BCUT2D eigenvalue weighted by Gasteiger charge is 2.21. The molecule has 1 atom stereocenters. The number of nitrogens with zero attached hydrogens (tertiary/aromatic N) is 1. The monoisotopic (exact) mass is 282 g/mol. The van der Waals surface area contributed by atoms with E-state index in [0.717, 1.165) is 0 Å². The molecule has 2 aromatic rings. The van der Waals surface area contributed by atoms with Crippen molar-refractivity contribution in [3.63, 3.8) is 0 Å². The molecule has 0 saturated carbocycles. The Morgan fingerprint density at radius 1 is 1.19 bits per heavy atom. The summed E-state index contributed by atoms with van der Waals surface area (Å²) >= 11 is 0. The van der Waals surface area contributed by atoms with Gasteiger partial charge in [-0.25, -0.2) is 0 Å². The van der Waals surface area contributed by atoms with Gasteiger partial charge in [0, 0.05) is 11.8 Å². The highest BCUT2D eigenvalue weighted by atomic mass is 16.6. The van der Waals surface area contributed by atoms with E-state index in [0.29, 0.717) is 41.7 Å². The van der Waals surface area contributed by atoms with Gasteiger partial charge in [0.05, 0.1) is 11.6 Å². The average Bonchev–Trinajstić information content (AvgIpc) is 2.53. The number of rotatable bonds is 3. The minimum atomic E-state index is -0.184. The molecule has 1 aliphatic rings. The van der Waals surface area contributed by atoms with E-state index in [9.17, 15) is 0 Å². The quantitative estimate of drug-likeness (QED) is 0.874. The van der Waals surface area contributed by atoms with Gasteiger partial charge in [-0.15, -0.1) is 0 Å². The molecular weight excluding hydrogens is 268 g/mol. The van der Waals surface area contributed by atoms with Crippen molar-refractivity contribution in [3.8, 4) is 23.3 Å². The van der Waals surface area contributed by atoms with Crippen molar-refractivity contribution in [3.05, 3.63) is 48.0 Å². The number of ether oxygens (including phenoxy) is 3. The normalized spacial score (nSPS) is 16.0. The molecule has 0 bridgehead atoms. The van der Waals surface area contributed by atoms with E-state index in [2.05, 4.69) is 6.07 Å². The number of anilines is 1. The van der Waals surface area contributed by atoms with E-state index >= 15 is 0 Å². The van der Waals surface area contributed by atoms with Gasteiger partial charge in [-0.05, 0) is 36.4 Å². The molecular formula is C16H14N2O3. The van der Waals surface area contributed by atoms with Crippen LogP contribution in [0.3, 0.4) is 0 Å². The molecule has 0 amide bonds. The van der Waals surface area contributed by atoms with Crippen LogP contribution in [-0.2, 0) is 0 Å². The minimum absolute atomic E-state index is 0.184. The zero-order valence-electron chi connectivity index (χ0n) is 11.3. The van der Waals surface area contributed by atoms with Crippen LogP contribution < -0.4 is 19.9 Å². The van der Waals surface area contributed by atoms with Crippen molar-refractivity contribution in [1.82, 2.24) is 0 Å². The molecule has 5 heteroatoms. The Morgan fingerprint density at radius 2 is 2.00 bits per heavy atom. The van der Waals surface area contributed by atoms with Crippen molar-refractivity contribution in [2.24, 2.45) is 0 Å². The zero-order valence-corrected chi connectivity index (χ0v) is 11.3. The maximum atomic E-state index is 8.74. The fourth-order valence-electron chi connectivity index (χ4n) is 2.03. The Hall–Kier alpha value is -2.87. The second-order valence-electron chi connectivity index (χ2n) is 4.70. The molecule has 1 unspecified atom stereocenters. The Balaban J connectivity index is 1.59. The van der Waals surface area contributed by atoms with Crippen LogP contribution in [0.1, 0.15) is 5.56 Å². The molecule has 0 saturated heterocycles. The maximum absolute atomic E-state index is 8.74. The third kappa shape index (κ3) is 3.00. The number of nitrogens with two attached hydrogens (primary N) is 1. The Labute approximate surface area is 122 Å². The molecule has 0 radical (unpaired) electrons. The largest absolute Gasteiger partial charge is 0.490 e.